The van der Waals surface area contributed by atoms with Crippen LogP contribution < -0.4 is 27.1 Å². The Kier molecular flexibility index (Phi) is 5.96. The molecule has 0 fully saturated rings. The van der Waals surface area contributed by atoms with Crippen molar-refractivity contribution >= 4 is 40.1 Å². The van der Waals surface area contributed by atoms with Gasteiger partial charge in [-0.2, -0.15) is 15.2 Å². The third-order valence-corrected chi connectivity index (χ3v) is 5.64. The van der Waals surface area contributed by atoms with Gasteiger partial charge >= 0.3 is 0 Å². The van der Waals surface area contributed by atoms with E-state index >= 15 is 0 Å². The first-order valence-corrected chi connectivity index (χ1v) is 10.6. The highest BCUT2D eigenvalue weighted by Gasteiger charge is 2.22. The number of aromatic nitrogens is 4. The Labute approximate surface area is 199 Å². The van der Waals surface area contributed by atoms with Crippen molar-refractivity contribution in [2.45, 2.75) is 19.9 Å². The molecule has 4 rings (SSSR count). The summed E-state index contributed by atoms with van der Waals surface area (Å²) >= 11 is 6.37. The maximum absolute atomic E-state index is 13.7. The fourth-order valence-electron chi connectivity index (χ4n) is 3.68. The van der Waals surface area contributed by atoms with E-state index in [4.69, 9.17) is 32.8 Å². The Hall–Kier alpha value is -4.36. The summed E-state index contributed by atoms with van der Waals surface area (Å²) in [6.07, 6.45) is 0. The molecule has 172 valence electrons. The van der Waals surface area contributed by atoms with Crippen molar-refractivity contribution in [2.75, 3.05) is 23.9 Å². The van der Waals surface area contributed by atoms with E-state index in [1.165, 1.54) is 4.57 Å². The highest BCUT2D eigenvalue weighted by molar-refractivity contribution is 6.35. The number of nitriles is 1. The molecule has 1 atom stereocenters. The monoisotopic (exact) mass is 476 g/mol. The molecule has 0 saturated carbocycles. The number of hydrogen-bond acceptors (Lipinski definition) is 9. The van der Waals surface area contributed by atoms with Crippen molar-refractivity contribution < 1.29 is 4.74 Å². The summed E-state index contributed by atoms with van der Waals surface area (Å²) < 4.78 is 6.90. The van der Waals surface area contributed by atoms with Crippen LogP contribution in [0.2, 0.25) is 5.02 Å². The second kappa shape index (κ2) is 8.88. The van der Waals surface area contributed by atoms with Gasteiger partial charge in [-0.1, -0.05) is 23.7 Å². The van der Waals surface area contributed by atoms with Gasteiger partial charge in [0.2, 0.25) is 5.95 Å². The lowest BCUT2D eigenvalue weighted by atomic mass is 10.1. The number of nitrogens with one attached hydrogen (secondary N) is 1. The quantitative estimate of drug-likeness (QED) is 0.392. The first kappa shape index (κ1) is 22.8. The Morgan fingerprint density at radius 3 is 2.68 bits per heavy atom. The summed E-state index contributed by atoms with van der Waals surface area (Å²) in [4.78, 5) is 26.4. The summed E-state index contributed by atoms with van der Waals surface area (Å²) in [5, 5.41) is 13.2. The Balaban J connectivity index is 1.97. The summed E-state index contributed by atoms with van der Waals surface area (Å²) in [5.74, 6) is 0.950. The van der Waals surface area contributed by atoms with Crippen LogP contribution in [-0.2, 0) is 0 Å². The second-order valence-electron chi connectivity index (χ2n) is 7.57. The summed E-state index contributed by atoms with van der Waals surface area (Å²) in [6, 6.07) is 11.8. The number of benzene rings is 2. The van der Waals surface area contributed by atoms with Crippen molar-refractivity contribution in [3.05, 3.63) is 68.7 Å². The van der Waals surface area contributed by atoms with Crippen LogP contribution in [0.1, 0.15) is 29.9 Å². The molecular formula is C23H21ClN8O2. The molecule has 2 aromatic carbocycles. The van der Waals surface area contributed by atoms with Crippen molar-refractivity contribution in [1.29, 1.82) is 5.26 Å². The number of methoxy groups -OCH3 is 1. The molecule has 34 heavy (non-hydrogen) atoms. The number of hydrogen-bond donors (Lipinski definition) is 3. The van der Waals surface area contributed by atoms with Gasteiger partial charge in [-0.05, 0) is 37.6 Å². The van der Waals surface area contributed by atoms with E-state index in [0.29, 0.717) is 22.8 Å². The first-order chi connectivity index (χ1) is 16.2. The largest absolute Gasteiger partial charge is 0.496 e. The second-order valence-corrected chi connectivity index (χ2v) is 7.97. The predicted octanol–water partition coefficient (Wildman–Crippen LogP) is 3.36. The number of ether oxygens (including phenoxy) is 1. The number of nitrogens with two attached hydrogens (primary N) is 2. The number of rotatable bonds is 5. The molecule has 5 N–H and O–H groups in total. The van der Waals surface area contributed by atoms with Crippen LogP contribution in [0.5, 0.6) is 5.75 Å². The van der Waals surface area contributed by atoms with Crippen LogP contribution in [0, 0.1) is 18.3 Å². The Morgan fingerprint density at radius 2 is 1.97 bits per heavy atom. The van der Waals surface area contributed by atoms with E-state index in [0.717, 1.165) is 5.56 Å². The summed E-state index contributed by atoms with van der Waals surface area (Å²) in [5.41, 5.74) is 13.1. The van der Waals surface area contributed by atoms with Gasteiger partial charge in [-0.25, -0.2) is 4.98 Å². The number of nitrogen functional groups attached to an aromatic ring is 2. The molecule has 0 unspecified atom stereocenters. The molecule has 0 aliphatic rings. The Morgan fingerprint density at radius 1 is 1.21 bits per heavy atom. The van der Waals surface area contributed by atoms with Gasteiger partial charge in [0.25, 0.3) is 5.56 Å². The average molecular weight is 477 g/mol. The fraction of sp³-hybridized carbons (Fsp3) is 0.174. The van der Waals surface area contributed by atoms with E-state index in [1.54, 1.807) is 44.4 Å². The van der Waals surface area contributed by atoms with Gasteiger partial charge in [0.15, 0.2) is 5.82 Å². The third-order valence-electron chi connectivity index (χ3n) is 5.33. The normalized spacial score (nSPS) is 11.7. The lowest BCUT2D eigenvalue weighted by molar-refractivity contribution is 0.411. The van der Waals surface area contributed by atoms with Gasteiger partial charge < -0.3 is 21.5 Å². The molecule has 0 aliphatic carbocycles. The SMILES string of the molecule is COc1cc(-n2c([C@H](C)Nc3nc(N)nc(N)c3C#N)nc3cccc(Cl)c3c2=O)ccc1C. The number of halogens is 1. The molecule has 0 radical (unpaired) electrons. The minimum Gasteiger partial charge on any atom is -0.496 e. The van der Waals surface area contributed by atoms with Crippen LogP contribution >= 0.6 is 11.6 Å². The lowest BCUT2D eigenvalue weighted by Gasteiger charge is -2.21. The molecule has 0 saturated heterocycles. The average Bonchev–Trinajstić information content (AvgIpc) is 2.79. The zero-order chi connectivity index (χ0) is 24.6. The number of aryl methyl sites for hydroxylation is 1. The molecular weight excluding hydrogens is 456 g/mol. The standard InChI is InChI=1S/C23H21ClN8O2/c1-11-7-8-13(9-17(11)34-3)32-21(29-16-6-4-5-15(24)18(16)22(32)33)12(2)28-20-14(10-25)19(26)30-23(27)31-20/h4-9,12H,1-3H3,(H5,26,27,28,30,31)/t12-/m0/s1. The number of nitrogens with zero attached hydrogens (tertiary/aromatic N) is 5. The van der Waals surface area contributed by atoms with Crippen LogP contribution in [0.15, 0.2) is 41.2 Å². The highest BCUT2D eigenvalue weighted by Crippen LogP contribution is 2.28. The molecule has 0 spiro atoms. The van der Waals surface area contributed by atoms with E-state index in [1.807, 2.05) is 19.1 Å². The molecule has 2 aromatic heterocycles. The topological polar surface area (TPSA) is 158 Å². The molecule has 0 aliphatic heterocycles. The van der Waals surface area contributed by atoms with Crippen molar-refractivity contribution in [1.82, 2.24) is 19.5 Å². The van der Waals surface area contributed by atoms with Crippen LogP contribution in [0.25, 0.3) is 16.6 Å². The maximum Gasteiger partial charge on any atom is 0.267 e. The van der Waals surface area contributed by atoms with Gasteiger partial charge in [0, 0.05) is 6.07 Å². The molecule has 2 heterocycles. The summed E-state index contributed by atoms with van der Waals surface area (Å²) in [7, 11) is 1.56. The van der Waals surface area contributed by atoms with Crippen LogP contribution in [0.4, 0.5) is 17.6 Å². The highest BCUT2D eigenvalue weighted by atomic mass is 35.5. The van der Waals surface area contributed by atoms with E-state index in [9.17, 15) is 10.1 Å². The molecule has 10 nitrogen and oxygen atoms in total. The zero-order valence-electron chi connectivity index (χ0n) is 18.6. The van der Waals surface area contributed by atoms with Gasteiger partial charge in [0.1, 0.15) is 29.0 Å². The zero-order valence-corrected chi connectivity index (χ0v) is 19.4. The van der Waals surface area contributed by atoms with Crippen molar-refractivity contribution in [3.8, 4) is 17.5 Å². The maximum atomic E-state index is 13.7. The molecule has 4 aromatic rings. The first-order valence-electron chi connectivity index (χ1n) is 10.2. The number of fused-ring (bicyclic) bond motifs is 1. The smallest absolute Gasteiger partial charge is 0.267 e. The van der Waals surface area contributed by atoms with Gasteiger partial charge in [0.05, 0.1) is 34.8 Å². The van der Waals surface area contributed by atoms with E-state index in [2.05, 4.69) is 15.3 Å². The van der Waals surface area contributed by atoms with Crippen molar-refractivity contribution in [3.63, 3.8) is 0 Å². The van der Waals surface area contributed by atoms with Crippen molar-refractivity contribution in [2.24, 2.45) is 0 Å². The van der Waals surface area contributed by atoms with Gasteiger partial charge in [-0.15, -0.1) is 0 Å². The van der Waals surface area contributed by atoms with E-state index in [-0.39, 0.29) is 39.1 Å². The minimum atomic E-state index is -0.607. The summed E-state index contributed by atoms with van der Waals surface area (Å²) in [6.45, 7) is 3.68. The predicted molar refractivity (Wildman–Crippen MR) is 131 cm³/mol. The van der Waals surface area contributed by atoms with Gasteiger partial charge in [-0.3, -0.25) is 9.36 Å². The minimum absolute atomic E-state index is 0.0378. The third kappa shape index (κ3) is 3.93. The van der Waals surface area contributed by atoms with Crippen LogP contribution in [0.3, 0.4) is 0 Å². The molecule has 11 heteroatoms. The molecule has 0 bridgehead atoms. The fourth-order valence-corrected chi connectivity index (χ4v) is 3.93. The van der Waals surface area contributed by atoms with Crippen LogP contribution in [-0.4, -0.2) is 26.6 Å². The molecule has 0 amide bonds. The Bertz CT molecular complexity index is 1530. The van der Waals surface area contributed by atoms with E-state index < -0.39 is 6.04 Å². The number of anilines is 3. The lowest BCUT2D eigenvalue weighted by Crippen LogP contribution is -2.28.